The minimum absolute atomic E-state index is 0.0000873. The van der Waals surface area contributed by atoms with Crippen molar-refractivity contribution in [2.75, 3.05) is 22.3 Å². The van der Waals surface area contributed by atoms with Crippen molar-refractivity contribution in [1.82, 2.24) is 0 Å². The van der Waals surface area contributed by atoms with Crippen molar-refractivity contribution in [2.24, 2.45) is 0 Å². The maximum Gasteiger partial charge on any atom is 0.264 e. The molecule has 1 amide bonds. The van der Waals surface area contributed by atoms with Crippen LogP contribution in [0.1, 0.15) is 24.5 Å². The molecule has 0 aliphatic carbocycles. The number of hydrogen-bond acceptors (Lipinski definition) is 4. The Morgan fingerprint density at radius 1 is 1.15 bits per heavy atom. The Morgan fingerprint density at radius 3 is 2.81 bits per heavy atom. The minimum Gasteiger partial charge on any atom is -0.310 e. The molecule has 5 rings (SSSR count). The Morgan fingerprint density at radius 2 is 1.96 bits per heavy atom. The molecule has 0 fully saturated rings. The van der Waals surface area contributed by atoms with E-state index in [1.807, 2.05) is 30.3 Å². The molecule has 3 aliphatic heterocycles. The topological polar surface area (TPSA) is 57.7 Å². The zero-order valence-corrected chi connectivity index (χ0v) is 16.6. The zero-order chi connectivity index (χ0) is 18.8. The minimum atomic E-state index is -3.72. The van der Waals surface area contributed by atoms with E-state index in [-0.39, 0.29) is 17.2 Å². The normalized spacial score (nSPS) is 21.2. The van der Waals surface area contributed by atoms with E-state index in [0.717, 1.165) is 34.7 Å². The third-order valence-electron chi connectivity index (χ3n) is 5.51. The SMILES string of the molecule is CC1CN2C(=O)Cc3c(S(=O)(=O)N4CCCc5ccccc54)ccc(c32)S1. The Kier molecular flexibility index (Phi) is 3.81. The summed E-state index contributed by atoms with van der Waals surface area (Å²) in [4.78, 5) is 15.6. The number of rotatable bonds is 2. The Labute approximate surface area is 163 Å². The van der Waals surface area contributed by atoms with Gasteiger partial charge in [-0.15, -0.1) is 11.8 Å². The monoisotopic (exact) mass is 400 g/mol. The molecule has 5 nitrogen and oxygen atoms in total. The van der Waals surface area contributed by atoms with E-state index in [0.29, 0.717) is 23.9 Å². The lowest BCUT2D eigenvalue weighted by Crippen LogP contribution is -2.36. The number of sulfonamides is 1. The molecule has 0 spiro atoms. The van der Waals surface area contributed by atoms with Crippen LogP contribution in [0.4, 0.5) is 11.4 Å². The van der Waals surface area contributed by atoms with Crippen molar-refractivity contribution in [3.05, 3.63) is 47.5 Å². The molecule has 2 aromatic carbocycles. The maximum atomic E-state index is 13.6. The van der Waals surface area contributed by atoms with Crippen LogP contribution in [0.2, 0.25) is 0 Å². The number of aryl methyl sites for hydroxylation is 1. The molecule has 3 heterocycles. The fourth-order valence-corrected chi connectivity index (χ4v) is 7.26. The molecule has 3 aliphatic rings. The molecule has 140 valence electrons. The number of benzene rings is 2. The van der Waals surface area contributed by atoms with Crippen molar-refractivity contribution in [2.45, 2.75) is 41.2 Å². The number of thioether (sulfide) groups is 1. The van der Waals surface area contributed by atoms with Crippen LogP contribution in [0.3, 0.4) is 0 Å². The maximum absolute atomic E-state index is 13.6. The van der Waals surface area contributed by atoms with E-state index in [2.05, 4.69) is 6.92 Å². The van der Waals surface area contributed by atoms with Crippen LogP contribution in [0.5, 0.6) is 0 Å². The van der Waals surface area contributed by atoms with Gasteiger partial charge in [-0.05, 0) is 36.6 Å². The summed E-state index contributed by atoms with van der Waals surface area (Å²) < 4.78 is 28.7. The first-order chi connectivity index (χ1) is 13.0. The van der Waals surface area contributed by atoms with Gasteiger partial charge < -0.3 is 4.90 Å². The smallest absolute Gasteiger partial charge is 0.264 e. The van der Waals surface area contributed by atoms with Crippen LogP contribution in [-0.4, -0.2) is 32.7 Å². The molecule has 0 saturated heterocycles. The second kappa shape index (κ2) is 6.01. The molecule has 0 bridgehead atoms. The number of hydrogen-bond donors (Lipinski definition) is 0. The molecular formula is C20H20N2O3S2. The van der Waals surface area contributed by atoms with E-state index < -0.39 is 10.0 Å². The molecule has 0 saturated carbocycles. The van der Waals surface area contributed by atoms with Crippen molar-refractivity contribution < 1.29 is 13.2 Å². The highest BCUT2D eigenvalue weighted by Gasteiger charge is 2.40. The average Bonchev–Trinajstić information content (AvgIpc) is 2.98. The highest BCUT2D eigenvalue weighted by Crippen LogP contribution is 2.47. The first-order valence-electron chi connectivity index (χ1n) is 9.20. The summed E-state index contributed by atoms with van der Waals surface area (Å²) in [7, 11) is -3.72. The zero-order valence-electron chi connectivity index (χ0n) is 15.0. The van der Waals surface area contributed by atoms with E-state index >= 15 is 0 Å². The second-order valence-corrected chi connectivity index (χ2v) is 10.6. The number of para-hydroxylation sites is 1. The molecule has 1 atom stereocenters. The molecule has 2 aromatic rings. The van der Waals surface area contributed by atoms with Gasteiger partial charge in [0.25, 0.3) is 10.0 Å². The first kappa shape index (κ1) is 17.1. The van der Waals surface area contributed by atoms with Gasteiger partial charge in [0.05, 0.1) is 22.7 Å². The van der Waals surface area contributed by atoms with E-state index in [1.54, 1.807) is 22.7 Å². The lowest BCUT2D eigenvalue weighted by molar-refractivity contribution is -0.117. The van der Waals surface area contributed by atoms with E-state index in [9.17, 15) is 13.2 Å². The predicted molar refractivity (Wildman–Crippen MR) is 107 cm³/mol. The van der Waals surface area contributed by atoms with Gasteiger partial charge in [-0.25, -0.2) is 8.42 Å². The van der Waals surface area contributed by atoms with Gasteiger partial charge in [0.1, 0.15) is 0 Å². The second-order valence-electron chi connectivity index (χ2n) is 7.31. The fraction of sp³-hybridized carbons (Fsp3) is 0.350. The molecule has 0 N–H and O–H groups in total. The summed E-state index contributed by atoms with van der Waals surface area (Å²) in [6, 6.07) is 11.3. The quantitative estimate of drug-likeness (QED) is 0.777. The number of nitrogens with zero attached hydrogens (tertiary/aromatic N) is 2. The third-order valence-corrected chi connectivity index (χ3v) is 8.54. The van der Waals surface area contributed by atoms with Crippen molar-refractivity contribution in [1.29, 1.82) is 0 Å². The Bertz CT molecular complexity index is 1060. The van der Waals surface area contributed by atoms with Gasteiger partial charge >= 0.3 is 0 Å². The molecule has 1 unspecified atom stereocenters. The lowest BCUT2D eigenvalue weighted by atomic mass is 10.0. The van der Waals surface area contributed by atoms with Gasteiger partial charge in [0, 0.05) is 28.8 Å². The summed E-state index contributed by atoms with van der Waals surface area (Å²) in [5.74, 6) is 0.0000873. The van der Waals surface area contributed by atoms with Crippen molar-refractivity contribution >= 4 is 39.1 Å². The van der Waals surface area contributed by atoms with Crippen LogP contribution >= 0.6 is 11.8 Å². The van der Waals surface area contributed by atoms with Gasteiger partial charge in [-0.3, -0.25) is 9.10 Å². The van der Waals surface area contributed by atoms with Gasteiger partial charge in [0.15, 0.2) is 0 Å². The molecule has 0 radical (unpaired) electrons. The number of carbonyl (C=O) groups excluding carboxylic acids is 1. The van der Waals surface area contributed by atoms with Gasteiger partial charge in [-0.2, -0.15) is 0 Å². The summed E-state index contributed by atoms with van der Waals surface area (Å²) >= 11 is 1.71. The van der Waals surface area contributed by atoms with Crippen molar-refractivity contribution in [3.63, 3.8) is 0 Å². The summed E-state index contributed by atoms with van der Waals surface area (Å²) in [5, 5.41) is 0.309. The fourth-order valence-electron chi connectivity index (χ4n) is 4.34. The predicted octanol–water partition coefficient (Wildman–Crippen LogP) is 3.21. The van der Waals surface area contributed by atoms with E-state index in [1.165, 1.54) is 4.31 Å². The molecule has 7 heteroatoms. The number of carbonyl (C=O) groups is 1. The highest BCUT2D eigenvalue weighted by molar-refractivity contribution is 8.00. The number of fused-ring (bicyclic) bond motifs is 1. The van der Waals surface area contributed by atoms with E-state index in [4.69, 9.17) is 0 Å². The van der Waals surface area contributed by atoms with Gasteiger partial charge in [-0.1, -0.05) is 25.1 Å². The summed E-state index contributed by atoms with van der Waals surface area (Å²) in [6.45, 7) is 3.20. The molecule has 0 aromatic heterocycles. The number of anilines is 2. The molecule has 27 heavy (non-hydrogen) atoms. The van der Waals surface area contributed by atoms with Crippen LogP contribution in [-0.2, 0) is 27.7 Å². The lowest BCUT2D eigenvalue weighted by Gasteiger charge is -2.32. The van der Waals surface area contributed by atoms with Crippen LogP contribution < -0.4 is 9.21 Å². The first-order valence-corrected chi connectivity index (χ1v) is 11.5. The highest BCUT2D eigenvalue weighted by atomic mass is 32.2. The van der Waals surface area contributed by atoms with Crippen LogP contribution in [0, 0.1) is 0 Å². The molecular weight excluding hydrogens is 380 g/mol. The standard InChI is InChI=1S/C20H20N2O3S2/c1-13-12-21-19(23)11-15-18(9-8-17(26-13)20(15)21)27(24,25)22-10-4-6-14-5-2-3-7-16(14)22/h2-3,5,7-9,13H,4,6,10-12H2,1H3. The number of amides is 1. The summed E-state index contributed by atoms with van der Waals surface area (Å²) in [5.41, 5.74) is 3.30. The summed E-state index contributed by atoms with van der Waals surface area (Å²) in [6.07, 6.45) is 1.86. The van der Waals surface area contributed by atoms with Crippen LogP contribution in [0.15, 0.2) is 46.2 Å². The average molecular weight is 401 g/mol. The Hall–Kier alpha value is -1.99. The third kappa shape index (κ3) is 2.51. The Balaban J connectivity index is 1.66. The van der Waals surface area contributed by atoms with Crippen molar-refractivity contribution in [3.8, 4) is 0 Å². The van der Waals surface area contributed by atoms with Crippen LogP contribution in [0.25, 0.3) is 0 Å². The largest absolute Gasteiger partial charge is 0.310 e. The van der Waals surface area contributed by atoms with Gasteiger partial charge in [0.2, 0.25) is 5.91 Å².